The van der Waals surface area contributed by atoms with Crippen LogP contribution in [0.4, 0.5) is 20.2 Å². The number of ether oxygens (including phenoxy) is 3. The number of amides is 5. The second kappa shape index (κ2) is 16.9. The Labute approximate surface area is 311 Å². The van der Waals surface area contributed by atoms with Gasteiger partial charge in [-0.15, -0.1) is 0 Å². The molecule has 2 saturated heterocycles. The molecule has 3 N–H and O–H groups in total. The van der Waals surface area contributed by atoms with Gasteiger partial charge in [-0.1, -0.05) is 0 Å². The molecule has 5 amide bonds. The highest BCUT2D eigenvalue weighted by molar-refractivity contribution is 5.90. The van der Waals surface area contributed by atoms with E-state index in [0.29, 0.717) is 30.5 Å². The van der Waals surface area contributed by atoms with E-state index in [4.69, 9.17) is 14.2 Å². The lowest BCUT2D eigenvalue weighted by Crippen LogP contribution is -2.60. The van der Waals surface area contributed by atoms with E-state index < -0.39 is 40.6 Å². The summed E-state index contributed by atoms with van der Waals surface area (Å²) in [5, 5.41) is 8.17. The standard InChI is InChI=1S/C37H56N8O8/c1-25(44-16-14-26(23-44)22-38-33(49)52-35(2,3)4)24-51-28-12-10-27(11-13-28)45-17-15-29(40-32(45)48)39-31(47)43-20-18-42(19-21-43)30(46)37(8,9)41-34(50)53-36(5,6)7/h10-13,15,17,25-26H,14,16,18-24H2,1-9H3,(H,38,49)(H,41,50)(H,39,40,47,48)/t25?,26-/m0/s1. The monoisotopic (exact) mass is 740 g/mol. The van der Waals surface area contributed by atoms with Crippen molar-refractivity contribution in [3.63, 3.8) is 0 Å². The van der Waals surface area contributed by atoms with Crippen LogP contribution in [0.15, 0.2) is 41.3 Å². The highest BCUT2D eigenvalue weighted by Gasteiger charge is 2.37. The molecule has 3 heterocycles. The van der Waals surface area contributed by atoms with Crippen molar-refractivity contribution in [1.82, 2.24) is 34.9 Å². The minimum atomic E-state index is -1.20. The zero-order valence-corrected chi connectivity index (χ0v) is 32.5. The Hall–Kier alpha value is -4.86. The number of urea groups is 1. The Morgan fingerprint density at radius 2 is 1.45 bits per heavy atom. The van der Waals surface area contributed by atoms with Gasteiger partial charge >= 0.3 is 23.9 Å². The highest BCUT2D eigenvalue weighted by atomic mass is 16.6. The molecular formula is C37H56N8O8. The summed E-state index contributed by atoms with van der Waals surface area (Å²) >= 11 is 0. The van der Waals surface area contributed by atoms with E-state index in [9.17, 15) is 24.0 Å². The van der Waals surface area contributed by atoms with Crippen LogP contribution < -0.4 is 26.4 Å². The molecule has 0 bridgehead atoms. The Morgan fingerprint density at radius 1 is 0.849 bits per heavy atom. The molecule has 0 radical (unpaired) electrons. The van der Waals surface area contributed by atoms with Gasteiger partial charge in [-0.05, 0) is 112 Å². The smallest absolute Gasteiger partial charge is 0.408 e. The van der Waals surface area contributed by atoms with Crippen LogP contribution in [0.5, 0.6) is 5.75 Å². The number of nitrogens with zero attached hydrogens (tertiary/aromatic N) is 5. The van der Waals surface area contributed by atoms with Crippen molar-refractivity contribution in [3.05, 3.63) is 47.0 Å². The molecule has 0 spiro atoms. The quantitative estimate of drug-likeness (QED) is 0.325. The fourth-order valence-electron chi connectivity index (χ4n) is 5.97. The first-order valence-corrected chi connectivity index (χ1v) is 18.1. The van der Waals surface area contributed by atoms with E-state index in [1.165, 1.54) is 9.47 Å². The molecule has 2 aromatic rings. The molecule has 2 aliphatic heterocycles. The molecule has 0 saturated carbocycles. The molecule has 16 heteroatoms. The number of alkyl carbamates (subject to hydrolysis) is 2. The van der Waals surface area contributed by atoms with Crippen molar-refractivity contribution < 1.29 is 33.4 Å². The van der Waals surface area contributed by atoms with Gasteiger partial charge in [0.15, 0.2) is 0 Å². The van der Waals surface area contributed by atoms with Crippen LogP contribution in [0.3, 0.4) is 0 Å². The average Bonchev–Trinajstić information content (AvgIpc) is 3.54. The Kier molecular flexibility index (Phi) is 13.0. The molecule has 1 unspecified atom stereocenters. The van der Waals surface area contributed by atoms with Crippen molar-refractivity contribution in [2.45, 2.75) is 91.5 Å². The number of benzene rings is 1. The number of nitrogens with one attached hydrogen (secondary N) is 3. The van der Waals surface area contributed by atoms with E-state index in [2.05, 4.69) is 32.8 Å². The molecule has 292 valence electrons. The van der Waals surface area contributed by atoms with Crippen molar-refractivity contribution >= 4 is 29.9 Å². The topological polar surface area (TPSA) is 177 Å². The van der Waals surface area contributed by atoms with Gasteiger partial charge < -0.3 is 34.6 Å². The first-order valence-electron chi connectivity index (χ1n) is 18.1. The van der Waals surface area contributed by atoms with Crippen LogP contribution in [0.2, 0.25) is 0 Å². The SMILES string of the molecule is CC(COc1ccc(-n2ccc(NC(=O)N3CCN(C(=O)C(C)(C)NC(=O)OC(C)(C)C)CC3)nc2=O)cc1)N1CC[C@@H](CNC(=O)OC(C)(C)C)C1. The lowest BCUT2D eigenvalue weighted by molar-refractivity contribution is -0.138. The van der Waals surface area contributed by atoms with Crippen molar-refractivity contribution in [2.75, 3.05) is 57.7 Å². The molecule has 53 heavy (non-hydrogen) atoms. The van der Waals surface area contributed by atoms with Gasteiger partial charge in [0.25, 0.3) is 0 Å². The van der Waals surface area contributed by atoms with Gasteiger partial charge in [-0.2, -0.15) is 4.98 Å². The maximum atomic E-state index is 13.1. The first-order chi connectivity index (χ1) is 24.7. The van der Waals surface area contributed by atoms with E-state index in [1.807, 2.05) is 20.8 Å². The lowest BCUT2D eigenvalue weighted by Gasteiger charge is -2.38. The number of aromatic nitrogens is 2. The summed E-state index contributed by atoms with van der Waals surface area (Å²) in [5.41, 5.74) is -2.40. The summed E-state index contributed by atoms with van der Waals surface area (Å²) < 4.78 is 18.0. The minimum Gasteiger partial charge on any atom is -0.492 e. The third kappa shape index (κ3) is 12.4. The minimum absolute atomic E-state index is 0.108. The van der Waals surface area contributed by atoms with E-state index in [-0.39, 0.29) is 43.9 Å². The van der Waals surface area contributed by atoms with Gasteiger partial charge in [0, 0.05) is 51.5 Å². The molecule has 4 rings (SSSR count). The number of carbonyl (C=O) groups is 4. The molecule has 1 aromatic heterocycles. The normalized spacial score (nSPS) is 17.5. The molecule has 1 aromatic carbocycles. The summed E-state index contributed by atoms with van der Waals surface area (Å²) in [5.74, 6) is 0.832. The number of piperazine rings is 1. The largest absolute Gasteiger partial charge is 0.492 e. The van der Waals surface area contributed by atoms with Crippen molar-refractivity contribution in [2.24, 2.45) is 5.92 Å². The van der Waals surface area contributed by atoms with E-state index in [0.717, 1.165) is 19.5 Å². The predicted octanol–water partition coefficient (Wildman–Crippen LogP) is 3.83. The summed E-state index contributed by atoms with van der Waals surface area (Å²) in [6.45, 7) is 20.0. The van der Waals surface area contributed by atoms with E-state index >= 15 is 0 Å². The second-order valence-electron chi connectivity index (χ2n) is 16.1. The zero-order chi connectivity index (χ0) is 39.1. The second-order valence-corrected chi connectivity index (χ2v) is 16.1. The maximum Gasteiger partial charge on any atom is 0.408 e. The third-order valence-electron chi connectivity index (χ3n) is 8.72. The summed E-state index contributed by atoms with van der Waals surface area (Å²) in [6.07, 6.45) is 1.44. The number of rotatable bonds is 10. The van der Waals surface area contributed by atoms with Crippen LogP contribution in [-0.4, -0.2) is 124 Å². The summed E-state index contributed by atoms with van der Waals surface area (Å²) in [6, 6.07) is 8.39. The molecule has 2 atom stereocenters. The Bertz CT molecular complexity index is 1660. The summed E-state index contributed by atoms with van der Waals surface area (Å²) in [7, 11) is 0. The van der Waals surface area contributed by atoms with Crippen LogP contribution in [-0.2, 0) is 14.3 Å². The van der Waals surface area contributed by atoms with Gasteiger partial charge in [0.2, 0.25) is 5.91 Å². The highest BCUT2D eigenvalue weighted by Crippen LogP contribution is 2.21. The average molecular weight is 741 g/mol. The molecule has 2 aliphatic rings. The molecule has 16 nitrogen and oxygen atoms in total. The summed E-state index contributed by atoms with van der Waals surface area (Å²) in [4.78, 5) is 72.8. The van der Waals surface area contributed by atoms with E-state index in [1.54, 1.807) is 76.0 Å². The van der Waals surface area contributed by atoms with Crippen LogP contribution in [0.1, 0.15) is 68.7 Å². The number of carbonyl (C=O) groups excluding carboxylic acids is 4. The third-order valence-corrected chi connectivity index (χ3v) is 8.72. The van der Waals surface area contributed by atoms with Gasteiger partial charge in [-0.3, -0.25) is 19.6 Å². The number of anilines is 1. The van der Waals surface area contributed by atoms with Gasteiger partial charge in [0.1, 0.15) is 34.9 Å². The Balaban J connectivity index is 1.21. The zero-order valence-electron chi connectivity index (χ0n) is 32.5. The number of likely N-dealkylation sites (tertiary alicyclic amines) is 1. The molecule has 0 aliphatic carbocycles. The number of hydrogen-bond donors (Lipinski definition) is 3. The fourth-order valence-corrected chi connectivity index (χ4v) is 5.97. The first kappa shape index (κ1) is 40.9. The molecule has 2 fully saturated rings. The van der Waals surface area contributed by atoms with Gasteiger partial charge in [-0.25, -0.2) is 19.2 Å². The fraction of sp³-hybridized carbons (Fsp3) is 0.622. The van der Waals surface area contributed by atoms with Gasteiger partial charge in [0.05, 0.1) is 5.69 Å². The molecular weight excluding hydrogens is 684 g/mol. The van der Waals surface area contributed by atoms with Crippen LogP contribution in [0, 0.1) is 5.92 Å². The lowest BCUT2D eigenvalue weighted by atomic mass is 10.0. The number of hydrogen-bond acceptors (Lipinski definition) is 10. The Morgan fingerprint density at radius 3 is 2.06 bits per heavy atom. The maximum absolute atomic E-state index is 13.1. The predicted molar refractivity (Wildman–Crippen MR) is 199 cm³/mol. The van der Waals surface area contributed by atoms with Crippen LogP contribution in [0.25, 0.3) is 5.69 Å². The van der Waals surface area contributed by atoms with Crippen molar-refractivity contribution in [3.8, 4) is 11.4 Å². The van der Waals surface area contributed by atoms with Crippen molar-refractivity contribution in [1.29, 1.82) is 0 Å². The van der Waals surface area contributed by atoms with Crippen LogP contribution >= 0.6 is 0 Å².